The van der Waals surface area contributed by atoms with E-state index in [1.807, 2.05) is 0 Å². The normalized spacial score (nSPS) is 11.3. The summed E-state index contributed by atoms with van der Waals surface area (Å²) in [6.07, 6.45) is -4.76. The molecule has 0 unspecified atom stereocenters. The van der Waals surface area contributed by atoms with E-state index in [9.17, 15) is 13.2 Å². The molecule has 0 aliphatic rings. The summed E-state index contributed by atoms with van der Waals surface area (Å²) in [6, 6.07) is 5.36. The summed E-state index contributed by atoms with van der Waals surface area (Å²) in [5.41, 5.74) is 5.90. The zero-order valence-electron chi connectivity index (χ0n) is 10.1. The number of alkyl halides is 3. The van der Waals surface area contributed by atoms with Crippen molar-refractivity contribution in [2.24, 2.45) is 0 Å². The number of halogens is 5. The van der Waals surface area contributed by atoms with E-state index < -0.39 is 6.36 Å². The first-order chi connectivity index (χ1) is 9.73. The summed E-state index contributed by atoms with van der Waals surface area (Å²) in [5.74, 6) is -0.0711. The molecule has 112 valence electrons. The molecule has 2 aromatic rings. The first-order valence-electron chi connectivity index (χ1n) is 5.35. The Morgan fingerprint density at radius 1 is 1.24 bits per heavy atom. The topological polar surface area (TPSA) is 73.1 Å². The number of benzene rings is 1. The SMILES string of the molecule is Nc1nc(Cl)cc(Nc2ccc(OC(F)(F)F)c(Br)c2)n1. The van der Waals surface area contributed by atoms with Gasteiger partial charge in [0.15, 0.2) is 0 Å². The van der Waals surface area contributed by atoms with Crippen LogP contribution in [0, 0.1) is 0 Å². The third-order valence-corrected chi connectivity index (χ3v) is 2.96. The molecule has 0 saturated carbocycles. The van der Waals surface area contributed by atoms with Gasteiger partial charge in [-0.25, -0.2) is 4.98 Å². The highest BCUT2D eigenvalue weighted by molar-refractivity contribution is 9.10. The molecule has 5 nitrogen and oxygen atoms in total. The smallest absolute Gasteiger partial charge is 0.405 e. The molecular weight excluding hydrogens is 376 g/mol. The molecule has 1 aromatic carbocycles. The lowest BCUT2D eigenvalue weighted by Crippen LogP contribution is -2.17. The van der Waals surface area contributed by atoms with E-state index in [-0.39, 0.29) is 21.3 Å². The fourth-order valence-electron chi connectivity index (χ4n) is 1.43. The highest BCUT2D eigenvalue weighted by atomic mass is 79.9. The zero-order chi connectivity index (χ0) is 15.6. The number of nitrogen functional groups attached to an aromatic ring is 1. The van der Waals surface area contributed by atoms with Gasteiger partial charge >= 0.3 is 6.36 Å². The van der Waals surface area contributed by atoms with Gasteiger partial charge in [-0.1, -0.05) is 11.6 Å². The second-order valence-electron chi connectivity index (χ2n) is 3.75. The van der Waals surface area contributed by atoms with Gasteiger partial charge in [-0.05, 0) is 34.1 Å². The number of rotatable bonds is 3. The van der Waals surface area contributed by atoms with E-state index in [0.29, 0.717) is 11.5 Å². The first kappa shape index (κ1) is 15.6. The molecule has 0 spiro atoms. The van der Waals surface area contributed by atoms with E-state index in [1.54, 1.807) is 0 Å². The number of ether oxygens (including phenoxy) is 1. The zero-order valence-corrected chi connectivity index (χ0v) is 12.4. The molecular formula is C11H7BrClF3N4O. The first-order valence-corrected chi connectivity index (χ1v) is 6.52. The Kier molecular flexibility index (Phi) is 4.43. The summed E-state index contributed by atoms with van der Waals surface area (Å²) in [4.78, 5) is 7.57. The van der Waals surface area contributed by atoms with Crippen molar-refractivity contribution >= 4 is 45.0 Å². The van der Waals surface area contributed by atoms with Crippen molar-refractivity contribution in [3.63, 3.8) is 0 Å². The van der Waals surface area contributed by atoms with Crippen LogP contribution in [-0.2, 0) is 0 Å². The minimum Gasteiger partial charge on any atom is -0.405 e. The highest BCUT2D eigenvalue weighted by Gasteiger charge is 2.31. The fourth-order valence-corrected chi connectivity index (χ4v) is 2.08. The van der Waals surface area contributed by atoms with Crippen molar-refractivity contribution in [2.45, 2.75) is 6.36 Å². The lowest BCUT2D eigenvalue weighted by molar-refractivity contribution is -0.274. The maximum Gasteiger partial charge on any atom is 0.573 e. The molecule has 1 heterocycles. The van der Waals surface area contributed by atoms with Crippen molar-refractivity contribution in [3.05, 3.63) is 33.9 Å². The van der Waals surface area contributed by atoms with Gasteiger partial charge in [0.05, 0.1) is 4.47 Å². The van der Waals surface area contributed by atoms with E-state index in [0.717, 1.165) is 6.07 Å². The Hall–Kier alpha value is -1.74. The molecule has 0 aliphatic carbocycles. The van der Waals surface area contributed by atoms with Crippen LogP contribution in [-0.4, -0.2) is 16.3 Å². The van der Waals surface area contributed by atoms with Gasteiger partial charge in [0.2, 0.25) is 5.95 Å². The van der Waals surface area contributed by atoms with Crippen LogP contribution in [0.15, 0.2) is 28.7 Å². The molecule has 0 aliphatic heterocycles. The highest BCUT2D eigenvalue weighted by Crippen LogP contribution is 2.33. The average molecular weight is 384 g/mol. The maximum absolute atomic E-state index is 12.2. The lowest BCUT2D eigenvalue weighted by Gasteiger charge is -2.12. The van der Waals surface area contributed by atoms with Crippen molar-refractivity contribution in [3.8, 4) is 5.75 Å². The van der Waals surface area contributed by atoms with Crippen LogP contribution in [0.3, 0.4) is 0 Å². The molecule has 0 fully saturated rings. The fraction of sp³-hybridized carbons (Fsp3) is 0.0909. The van der Waals surface area contributed by atoms with E-state index >= 15 is 0 Å². The van der Waals surface area contributed by atoms with Gasteiger partial charge in [0, 0.05) is 11.8 Å². The van der Waals surface area contributed by atoms with Crippen molar-refractivity contribution < 1.29 is 17.9 Å². The van der Waals surface area contributed by atoms with Crippen LogP contribution in [0.25, 0.3) is 0 Å². The second kappa shape index (κ2) is 5.94. The van der Waals surface area contributed by atoms with Gasteiger partial charge in [0.1, 0.15) is 16.7 Å². The summed E-state index contributed by atoms with van der Waals surface area (Å²) in [6.45, 7) is 0. The van der Waals surface area contributed by atoms with Crippen LogP contribution in [0.2, 0.25) is 5.15 Å². The van der Waals surface area contributed by atoms with Gasteiger partial charge in [-0.3, -0.25) is 0 Å². The summed E-state index contributed by atoms with van der Waals surface area (Å²) in [7, 11) is 0. The maximum atomic E-state index is 12.2. The van der Waals surface area contributed by atoms with Crippen LogP contribution in [0.4, 0.5) is 30.6 Å². The number of nitrogens with two attached hydrogens (primary N) is 1. The molecule has 0 atom stereocenters. The Bertz CT molecular complexity index is 648. The quantitative estimate of drug-likeness (QED) is 0.780. The minimum atomic E-state index is -4.76. The number of hydrogen-bond donors (Lipinski definition) is 2. The molecule has 0 amide bonds. The Labute approximate surface area is 130 Å². The summed E-state index contributed by atoms with van der Waals surface area (Å²) in [5, 5.41) is 2.97. The Balaban J connectivity index is 2.20. The lowest BCUT2D eigenvalue weighted by atomic mass is 10.3. The standard InChI is InChI=1S/C11H7BrClF3N4O/c12-6-3-5(1-2-7(6)21-11(14,15)16)18-9-4-8(13)19-10(17)20-9/h1-4H,(H3,17,18,19,20). The third-order valence-electron chi connectivity index (χ3n) is 2.14. The van der Waals surface area contributed by atoms with Crippen LogP contribution in [0.5, 0.6) is 5.75 Å². The Morgan fingerprint density at radius 2 is 1.95 bits per heavy atom. The number of hydrogen-bond acceptors (Lipinski definition) is 5. The number of nitrogens with one attached hydrogen (secondary N) is 1. The van der Waals surface area contributed by atoms with E-state index in [1.165, 1.54) is 18.2 Å². The van der Waals surface area contributed by atoms with Gasteiger partial charge in [0.25, 0.3) is 0 Å². The van der Waals surface area contributed by atoms with Gasteiger partial charge < -0.3 is 15.8 Å². The van der Waals surface area contributed by atoms with Crippen LogP contribution in [0.1, 0.15) is 0 Å². The van der Waals surface area contributed by atoms with Crippen molar-refractivity contribution in [1.82, 2.24) is 9.97 Å². The third kappa shape index (κ3) is 4.64. The minimum absolute atomic E-state index is 0.0268. The molecule has 10 heteroatoms. The Morgan fingerprint density at radius 3 is 2.52 bits per heavy atom. The molecule has 0 saturated heterocycles. The predicted molar refractivity (Wildman–Crippen MR) is 75.6 cm³/mol. The molecule has 3 N–H and O–H groups in total. The molecule has 0 bridgehead atoms. The summed E-state index contributed by atoms with van der Waals surface area (Å²) < 4.78 is 40.4. The van der Waals surface area contributed by atoms with Crippen LogP contribution < -0.4 is 15.8 Å². The molecule has 21 heavy (non-hydrogen) atoms. The van der Waals surface area contributed by atoms with Crippen LogP contribution >= 0.6 is 27.5 Å². The number of nitrogens with zero attached hydrogens (tertiary/aromatic N) is 2. The monoisotopic (exact) mass is 382 g/mol. The number of aromatic nitrogens is 2. The predicted octanol–water partition coefficient (Wildman–Crippen LogP) is 4.12. The molecule has 1 aromatic heterocycles. The largest absolute Gasteiger partial charge is 0.573 e. The second-order valence-corrected chi connectivity index (χ2v) is 4.99. The number of anilines is 3. The molecule has 2 rings (SSSR count). The summed E-state index contributed by atoms with van der Waals surface area (Å²) >= 11 is 8.71. The van der Waals surface area contributed by atoms with E-state index in [2.05, 4.69) is 36.0 Å². The van der Waals surface area contributed by atoms with Gasteiger partial charge in [-0.2, -0.15) is 4.98 Å². The van der Waals surface area contributed by atoms with Crippen molar-refractivity contribution in [1.29, 1.82) is 0 Å². The van der Waals surface area contributed by atoms with E-state index in [4.69, 9.17) is 17.3 Å². The van der Waals surface area contributed by atoms with Crippen molar-refractivity contribution in [2.75, 3.05) is 11.1 Å². The molecule has 0 radical (unpaired) electrons. The van der Waals surface area contributed by atoms with Gasteiger partial charge in [-0.15, -0.1) is 13.2 Å². The average Bonchev–Trinajstić information content (AvgIpc) is 2.30.